The molecule has 1 aromatic carbocycles. The van der Waals surface area contributed by atoms with E-state index in [1.807, 2.05) is 0 Å². The van der Waals surface area contributed by atoms with Crippen molar-refractivity contribution < 1.29 is 4.92 Å². The second kappa shape index (κ2) is 6.05. The zero-order chi connectivity index (χ0) is 14.7. The monoisotopic (exact) mass is 286 g/mol. The summed E-state index contributed by atoms with van der Waals surface area (Å²) < 4.78 is 0. The van der Waals surface area contributed by atoms with Crippen LogP contribution in [0.4, 0.5) is 5.69 Å². The molecule has 110 valence electrons. The van der Waals surface area contributed by atoms with Gasteiger partial charge in [0, 0.05) is 6.07 Å². The molecule has 1 fully saturated rings. The maximum absolute atomic E-state index is 11.1. The lowest BCUT2D eigenvalue weighted by Crippen LogP contribution is -2.21. The summed E-state index contributed by atoms with van der Waals surface area (Å²) in [5.74, 6) is 0.866. The molecule has 0 bridgehead atoms. The van der Waals surface area contributed by atoms with Crippen LogP contribution in [0.2, 0.25) is 0 Å². The van der Waals surface area contributed by atoms with Gasteiger partial charge in [-0.05, 0) is 25.5 Å². The molecule has 1 aromatic heterocycles. The summed E-state index contributed by atoms with van der Waals surface area (Å²) in [7, 11) is 0. The molecule has 3 rings (SSSR count). The maximum atomic E-state index is 11.1. The molecule has 1 saturated heterocycles. The molecular formula is C15H18N4O2. The minimum absolute atomic E-state index is 0.0986. The summed E-state index contributed by atoms with van der Waals surface area (Å²) in [6.45, 7) is 0.992. The maximum Gasteiger partial charge on any atom is 0.278 e. The number of imidazole rings is 1. The number of aromatic nitrogens is 2. The Morgan fingerprint density at radius 1 is 1.24 bits per heavy atom. The van der Waals surface area contributed by atoms with E-state index in [2.05, 4.69) is 15.3 Å². The lowest BCUT2D eigenvalue weighted by atomic mass is 10.1. The van der Waals surface area contributed by atoms with Crippen molar-refractivity contribution in [2.45, 2.75) is 31.7 Å². The molecule has 6 heteroatoms. The van der Waals surface area contributed by atoms with Crippen LogP contribution in [0.3, 0.4) is 0 Å². The summed E-state index contributed by atoms with van der Waals surface area (Å²) in [6.07, 6.45) is 6.34. The van der Waals surface area contributed by atoms with Gasteiger partial charge in [-0.1, -0.05) is 25.0 Å². The van der Waals surface area contributed by atoms with Crippen molar-refractivity contribution in [1.82, 2.24) is 15.3 Å². The molecule has 2 heterocycles. The Morgan fingerprint density at radius 2 is 2.10 bits per heavy atom. The predicted octanol–water partition coefficient (Wildman–Crippen LogP) is 3.19. The van der Waals surface area contributed by atoms with E-state index in [1.54, 1.807) is 24.4 Å². The zero-order valence-corrected chi connectivity index (χ0v) is 11.7. The summed E-state index contributed by atoms with van der Waals surface area (Å²) in [5, 5.41) is 14.6. The Balaban J connectivity index is 1.89. The lowest BCUT2D eigenvalue weighted by Gasteiger charge is -2.12. The minimum atomic E-state index is -0.361. The first-order valence-corrected chi connectivity index (χ1v) is 7.28. The van der Waals surface area contributed by atoms with Crippen molar-refractivity contribution in [3.8, 4) is 11.3 Å². The number of hydrogen-bond donors (Lipinski definition) is 2. The molecule has 0 radical (unpaired) electrons. The highest BCUT2D eigenvalue weighted by atomic mass is 16.6. The van der Waals surface area contributed by atoms with E-state index in [0.717, 1.165) is 18.8 Å². The molecule has 1 aliphatic rings. The molecule has 21 heavy (non-hydrogen) atoms. The highest BCUT2D eigenvalue weighted by Gasteiger charge is 2.20. The average Bonchev–Trinajstić information content (AvgIpc) is 2.83. The van der Waals surface area contributed by atoms with Crippen LogP contribution in [0.5, 0.6) is 0 Å². The third-order valence-electron chi connectivity index (χ3n) is 3.88. The van der Waals surface area contributed by atoms with Gasteiger partial charge < -0.3 is 10.3 Å². The van der Waals surface area contributed by atoms with Gasteiger partial charge in [-0.25, -0.2) is 4.98 Å². The number of nitro benzene ring substituents is 1. The van der Waals surface area contributed by atoms with Gasteiger partial charge in [0.05, 0.1) is 28.4 Å². The fourth-order valence-corrected chi connectivity index (χ4v) is 2.77. The van der Waals surface area contributed by atoms with Gasteiger partial charge in [0.25, 0.3) is 5.69 Å². The molecular weight excluding hydrogens is 268 g/mol. The van der Waals surface area contributed by atoms with Gasteiger partial charge in [0.1, 0.15) is 5.82 Å². The first-order valence-electron chi connectivity index (χ1n) is 7.28. The van der Waals surface area contributed by atoms with Crippen LogP contribution in [0.25, 0.3) is 11.3 Å². The molecule has 2 aromatic rings. The van der Waals surface area contributed by atoms with E-state index >= 15 is 0 Å². The van der Waals surface area contributed by atoms with Gasteiger partial charge in [-0.15, -0.1) is 0 Å². The summed E-state index contributed by atoms with van der Waals surface area (Å²) >= 11 is 0. The van der Waals surface area contributed by atoms with E-state index in [4.69, 9.17) is 0 Å². The summed E-state index contributed by atoms with van der Waals surface area (Å²) in [5.41, 5.74) is 1.37. The number of para-hydroxylation sites is 1. The number of benzene rings is 1. The third-order valence-corrected chi connectivity index (χ3v) is 3.88. The molecule has 1 unspecified atom stereocenters. The predicted molar refractivity (Wildman–Crippen MR) is 79.9 cm³/mol. The van der Waals surface area contributed by atoms with Crippen LogP contribution in [-0.4, -0.2) is 21.4 Å². The third kappa shape index (κ3) is 2.95. The smallest absolute Gasteiger partial charge is 0.278 e. The Morgan fingerprint density at radius 3 is 2.95 bits per heavy atom. The zero-order valence-electron chi connectivity index (χ0n) is 11.7. The highest BCUT2D eigenvalue weighted by Crippen LogP contribution is 2.29. The van der Waals surface area contributed by atoms with Crippen molar-refractivity contribution in [3.05, 3.63) is 46.4 Å². The molecule has 1 aliphatic heterocycles. The largest absolute Gasteiger partial charge is 0.340 e. The molecule has 0 aliphatic carbocycles. The quantitative estimate of drug-likeness (QED) is 0.670. The van der Waals surface area contributed by atoms with E-state index in [9.17, 15) is 10.1 Å². The van der Waals surface area contributed by atoms with Gasteiger partial charge in [0.15, 0.2) is 0 Å². The standard InChI is InChI=1S/C15H18N4O2/c20-19(21)14-8-4-3-6-11(14)13-10-17-15(18-13)12-7-2-1-5-9-16-12/h3-4,6,8,10,12,16H,1-2,5,7,9H2,(H,17,18). The molecule has 0 amide bonds. The first kappa shape index (κ1) is 13.8. The van der Waals surface area contributed by atoms with Crippen molar-refractivity contribution in [1.29, 1.82) is 0 Å². The van der Waals surface area contributed by atoms with Crippen molar-refractivity contribution >= 4 is 5.69 Å². The number of nitro groups is 1. The van der Waals surface area contributed by atoms with Gasteiger partial charge >= 0.3 is 0 Å². The summed E-state index contributed by atoms with van der Waals surface area (Å²) in [6, 6.07) is 6.94. The summed E-state index contributed by atoms with van der Waals surface area (Å²) in [4.78, 5) is 18.4. The lowest BCUT2D eigenvalue weighted by molar-refractivity contribution is -0.384. The number of nitrogens with one attached hydrogen (secondary N) is 2. The number of aromatic amines is 1. The fraction of sp³-hybridized carbons (Fsp3) is 0.400. The normalized spacial score (nSPS) is 19.1. The van der Waals surface area contributed by atoms with Crippen LogP contribution in [0, 0.1) is 10.1 Å². The van der Waals surface area contributed by atoms with Gasteiger partial charge in [-0.2, -0.15) is 0 Å². The van der Waals surface area contributed by atoms with Crippen LogP contribution in [0.15, 0.2) is 30.5 Å². The van der Waals surface area contributed by atoms with Crippen molar-refractivity contribution in [2.75, 3.05) is 6.54 Å². The Kier molecular flexibility index (Phi) is 3.96. The topological polar surface area (TPSA) is 83.8 Å². The van der Waals surface area contributed by atoms with E-state index in [0.29, 0.717) is 11.3 Å². The van der Waals surface area contributed by atoms with Gasteiger partial charge in [-0.3, -0.25) is 10.1 Å². The first-order chi connectivity index (χ1) is 10.3. The number of nitrogens with zero attached hydrogens (tertiary/aromatic N) is 2. The second-order valence-electron chi connectivity index (χ2n) is 5.31. The van der Waals surface area contributed by atoms with Crippen LogP contribution in [-0.2, 0) is 0 Å². The van der Waals surface area contributed by atoms with Crippen LogP contribution >= 0.6 is 0 Å². The number of hydrogen-bond acceptors (Lipinski definition) is 4. The SMILES string of the molecule is O=[N+]([O-])c1ccccc1-c1cnc(C2CCCCCN2)[nH]1. The molecule has 0 saturated carbocycles. The highest BCUT2D eigenvalue weighted by molar-refractivity contribution is 5.70. The average molecular weight is 286 g/mol. The Bertz CT molecular complexity index is 630. The van der Waals surface area contributed by atoms with Crippen LogP contribution < -0.4 is 5.32 Å². The van der Waals surface area contributed by atoms with Crippen LogP contribution in [0.1, 0.15) is 37.5 Å². The fourth-order valence-electron chi connectivity index (χ4n) is 2.77. The van der Waals surface area contributed by atoms with E-state index in [1.165, 1.54) is 25.3 Å². The second-order valence-corrected chi connectivity index (χ2v) is 5.31. The molecule has 6 nitrogen and oxygen atoms in total. The van der Waals surface area contributed by atoms with Gasteiger partial charge in [0.2, 0.25) is 0 Å². The molecule has 1 atom stereocenters. The Labute approximate surface area is 122 Å². The Hall–Kier alpha value is -2.21. The van der Waals surface area contributed by atoms with E-state index < -0.39 is 0 Å². The molecule has 0 spiro atoms. The van der Waals surface area contributed by atoms with Crippen molar-refractivity contribution in [2.24, 2.45) is 0 Å². The van der Waals surface area contributed by atoms with E-state index in [-0.39, 0.29) is 16.7 Å². The number of rotatable bonds is 3. The molecule has 2 N–H and O–H groups in total. The number of H-pyrrole nitrogens is 1. The van der Waals surface area contributed by atoms with Crippen molar-refractivity contribution in [3.63, 3.8) is 0 Å². The minimum Gasteiger partial charge on any atom is -0.340 e.